The number of rotatable bonds is 1. The highest BCUT2D eigenvalue weighted by atomic mass is 16.2. The van der Waals surface area contributed by atoms with Crippen molar-refractivity contribution in [2.75, 3.05) is 0 Å². The topological polar surface area (TPSA) is 67.5 Å². The average Bonchev–Trinajstić information content (AvgIpc) is 2.60. The molecule has 4 nitrogen and oxygen atoms in total. The number of urea groups is 1. The van der Waals surface area contributed by atoms with Crippen LogP contribution in [0.1, 0.15) is 19.3 Å². The highest BCUT2D eigenvalue weighted by molar-refractivity contribution is 5.90. The number of carbonyl (C=O) groups is 1. The van der Waals surface area contributed by atoms with Crippen LogP contribution in [0.3, 0.4) is 0 Å². The maximum atomic E-state index is 10.4. The van der Waals surface area contributed by atoms with Crippen molar-refractivity contribution in [3.05, 3.63) is 12.2 Å². The molecule has 0 aliphatic heterocycles. The van der Waals surface area contributed by atoms with Gasteiger partial charge in [-0.3, -0.25) is 0 Å². The maximum Gasteiger partial charge on any atom is 0.332 e. The number of hydrogen-bond donors (Lipinski definition) is 2. The third-order valence-electron chi connectivity index (χ3n) is 2.76. The lowest BCUT2D eigenvalue weighted by molar-refractivity contribution is 0.249. The molecule has 1 fully saturated rings. The zero-order valence-electron chi connectivity index (χ0n) is 7.36. The van der Waals surface area contributed by atoms with Gasteiger partial charge in [-0.05, 0) is 25.2 Å². The van der Waals surface area contributed by atoms with Gasteiger partial charge in [0.05, 0.1) is 0 Å². The van der Waals surface area contributed by atoms with Crippen LogP contribution in [0.15, 0.2) is 17.3 Å². The molecular weight excluding hydrogens is 166 g/mol. The van der Waals surface area contributed by atoms with Crippen LogP contribution in [0.4, 0.5) is 4.79 Å². The van der Waals surface area contributed by atoms with Crippen molar-refractivity contribution < 1.29 is 4.79 Å². The van der Waals surface area contributed by atoms with Crippen molar-refractivity contribution in [1.82, 2.24) is 5.43 Å². The first-order valence-electron chi connectivity index (χ1n) is 4.56. The zero-order chi connectivity index (χ0) is 9.26. The Labute approximate surface area is 76.9 Å². The summed E-state index contributed by atoms with van der Waals surface area (Å²) in [6.07, 6.45) is 7.63. The van der Waals surface area contributed by atoms with E-state index in [-0.39, 0.29) is 0 Å². The van der Waals surface area contributed by atoms with Gasteiger partial charge in [-0.1, -0.05) is 12.2 Å². The molecule has 0 aromatic heterocycles. The molecule has 4 heteroatoms. The first kappa shape index (κ1) is 8.29. The van der Waals surface area contributed by atoms with Crippen molar-refractivity contribution in [3.63, 3.8) is 0 Å². The van der Waals surface area contributed by atoms with E-state index >= 15 is 0 Å². The summed E-state index contributed by atoms with van der Waals surface area (Å²) >= 11 is 0. The lowest BCUT2D eigenvalue weighted by atomic mass is 9.99. The molecule has 70 valence electrons. The molecule has 2 rings (SSSR count). The van der Waals surface area contributed by atoms with Crippen LogP contribution < -0.4 is 11.2 Å². The Kier molecular flexibility index (Phi) is 2.04. The van der Waals surface area contributed by atoms with Crippen LogP contribution in [-0.2, 0) is 0 Å². The van der Waals surface area contributed by atoms with Crippen LogP contribution in [0.25, 0.3) is 0 Å². The molecule has 1 saturated carbocycles. The minimum Gasteiger partial charge on any atom is -0.350 e. The summed E-state index contributed by atoms with van der Waals surface area (Å²) in [5.74, 6) is 1.17. The molecule has 2 aliphatic rings. The molecule has 0 spiro atoms. The third-order valence-corrected chi connectivity index (χ3v) is 2.76. The van der Waals surface area contributed by atoms with E-state index in [4.69, 9.17) is 5.73 Å². The first-order chi connectivity index (χ1) is 6.27. The largest absolute Gasteiger partial charge is 0.350 e. The average molecular weight is 179 g/mol. The molecule has 0 radical (unpaired) electrons. The van der Waals surface area contributed by atoms with Gasteiger partial charge in [0.25, 0.3) is 0 Å². The number of nitrogens with one attached hydrogen (secondary N) is 1. The molecule has 2 aliphatic carbocycles. The standard InChI is InChI=1S/C9H13N3O/c10-9(13)12-11-8-5-4-6-2-1-3-7(6)8/h1-2,6-7H,3-5H2,(H3,10,12,13)/b11-8-. The number of primary amides is 1. The molecule has 0 heterocycles. The highest BCUT2D eigenvalue weighted by Crippen LogP contribution is 2.37. The van der Waals surface area contributed by atoms with Crippen molar-refractivity contribution in [3.8, 4) is 0 Å². The van der Waals surface area contributed by atoms with E-state index < -0.39 is 6.03 Å². The summed E-state index contributed by atoms with van der Waals surface area (Å²) in [6.45, 7) is 0. The van der Waals surface area contributed by atoms with Crippen molar-refractivity contribution in [2.24, 2.45) is 22.7 Å². The number of hydrogen-bond acceptors (Lipinski definition) is 2. The van der Waals surface area contributed by atoms with Crippen LogP contribution in [0.2, 0.25) is 0 Å². The molecule has 0 aromatic carbocycles. The van der Waals surface area contributed by atoms with E-state index in [9.17, 15) is 4.79 Å². The fourth-order valence-corrected chi connectivity index (χ4v) is 2.16. The molecule has 0 aromatic rings. The minimum atomic E-state index is -0.582. The molecule has 0 saturated heterocycles. The predicted molar refractivity (Wildman–Crippen MR) is 50.1 cm³/mol. The van der Waals surface area contributed by atoms with Gasteiger partial charge in [0.1, 0.15) is 0 Å². The second kappa shape index (κ2) is 3.20. The second-order valence-corrected chi connectivity index (χ2v) is 3.55. The zero-order valence-corrected chi connectivity index (χ0v) is 7.36. The lowest BCUT2D eigenvalue weighted by Gasteiger charge is -2.08. The van der Waals surface area contributed by atoms with Crippen molar-refractivity contribution in [2.45, 2.75) is 19.3 Å². The van der Waals surface area contributed by atoms with E-state index in [0.717, 1.165) is 25.0 Å². The van der Waals surface area contributed by atoms with Gasteiger partial charge < -0.3 is 5.73 Å². The Balaban J connectivity index is 2.02. The lowest BCUT2D eigenvalue weighted by Crippen LogP contribution is -2.26. The van der Waals surface area contributed by atoms with E-state index in [0.29, 0.717) is 11.8 Å². The number of amides is 2. The Hall–Kier alpha value is -1.32. The smallest absolute Gasteiger partial charge is 0.332 e. The normalized spacial score (nSPS) is 33.7. The van der Waals surface area contributed by atoms with Gasteiger partial charge in [-0.25, -0.2) is 10.2 Å². The van der Waals surface area contributed by atoms with Gasteiger partial charge in [0.2, 0.25) is 0 Å². The monoisotopic (exact) mass is 179 g/mol. The minimum absolute atomic E-state index is 0.520. The van der Waals surface area contributed by atoms with Gasteiger partial charge in [-0.2, -0.15) is 5.10 Å². The molecular formula is C9H13N3O. The van der Waals surface area contributed by atoms with Crippen LogP contribution >= 0.6 is 0 Å². The second-order valence-electron chi connectivity index (χ2n) is 3.55. The molecule has 2 unspecified atom stereocenters. The predicted octanol–water partition coefficient (Wildman–Crippen LogP) is 0.997. The van der Waals surface area contributed by atoms with Crippen LogP contribution in [-0.4, -0.2) is 11.7 Å². The Morgan fingerprint density at radius 2 is 2.54 bits per heavy atom. The van der Waals surface area contributed by atoms with Gasteiger partial charge >= 0.3 is 6.03 Å². The Morgan fingerprint density at radius 3 is 3.31 bits per heavy atom. The summed E-state index contributed by atoms with van der Waals surface area (Å²) in [5, 5.41) is 4.02. The number of hydrazone groups is 1. The summed E-state index contributed by atoms with van der Waals surface area (Å²) in [6, 6.07) is -0.582. The van der Waals surface area contributed by atoms with E-state index in [2.05, 4.69) is 22.7 Å². The fourth-order valence-electron chi connectivity index (χ4n) is 2.16. The Morgan fingerprint density at radius 1 is 1.69 bits per heavy atom. The molecule has 0 bridgehead atoms. The van der Waals surface area contributed by atoms with Crippen LogP contribution in [0, 0.1) is 11.8 Å². The first-order valence-corrected chi connectivity index (χ1v) is 4.56. The summed E-state index contributed by atoms with van der Waals surface area (Å²) < 4.78 is 0. The molecule has 13 heavy (non-hydrogen) atoms. The fraction of sp³-hybridized carbons (Fsp3) is 0.556. The number of allylic oxidation sites excluding steroid dienone is 2. The number of fused-ring (bicyclic) bond motifs is 1. The van der Waals surface area contributed by atoms with Crippen molar-refractivity contribution >= 4 is 11.7 Å². The quantitative estimate of drug-likeness (QED) is 0.457. The third kappa shape index (κ3) is 1.56. The molecule has 3 N–H and O–H groups in total. The highest BCUT2D eigenvalue weighted by Gasteiger charge is 2.33. The summed E-state index contributed by atoms with van der Waals surface area (Å²) in [4.78, 5) is 10.4. The van der Waals surface area contributed by atoms with Gasteiger partial charge in [0.15, 0.2) is 0 Å². The van der Waals surface area contributed by atoms with Crippen molar-refractivity contribution in [1.29, 1.82) is 0 Å². The van der Waals surface area contributed by atoms with Gasteiger partial charge in [0, 0.05) is 11.6 Å². The van der Waals surface area contributed by atoms with Crippen LogP contribution in [0.5, 0.6) is 0 Å². The summed E-state index contributed by atoms with van der Waals surface area (Å²) in [5.41, 5.74) is 8.33. The van der Waals surface area contributed by atoms with E-state index in [1.165, 1.54) is 0 Å². The summed E-state index contributed by atoms with van der Waals surface area (Å²) in [7, 11) is 0. The number of nitrogens with two attached hydrogens (primary N) is 1. The SMILES string of the molecule is NC(=O)N/N=C1/CCC2C=CCC12. The number of nitrogens with zero attached hydrogens (tertiary/aromatic N) is 1. The number of carbonyl (C=O) groups excluding carboxylic acids is 1. The van der Waals surface area contributed by atoms with Gasteiger partial charge in [-0.15, -0.1) is 0 Å². The molecule has 2 amide bonds. The maximum absolute atomic E-state index is 10.4. The Bertz CT molecular complexity index is 283. The van der Waals surface area contributed by atoms with E-state index in [1.807, 2.05) is 0 Å². The molecule has 2 atom stereocenters. The van der Waals surface area contributed by atoms with E-state index in [1.54, 1.807) is 0 Å².